The van der Waals surface area contributed by atoms with Crippen molar-refractivity contribution in [3.63, 3.8) is 0 Å². The Morgan fingerprint density at radius 3 is 3.00 bits per heavy atom. The Bertz CT molecular complexity index is 283. The number of rotatable bonds is 6. The van der Waals surface area contributed by atoms with E-state index in [0.29, 0.717) is 13.1 Å². The van der Waals surface area contributed by atoms with Gasteiger partial charge in [0.15, 0.2) is 0 Å². The molecule has 1 aliphatic rings. The van der Waals surface area contributed by atoms with E-state index in [1.54, 1.807) is 6.26 Å². The quantitative estimate of drug-likeness (QED) is 0.725. The van der Waals surface area contributed by atoms with E-state index in [1.165, 1.54) is 12.8 Å². The number of hydrogen-bond acceptors (Lipinski definition) is 5. The summed E-state index contributed by atoms with van der Waals surface area (Å²) < 4.78 is 4.72. The smallest absolute Gasteiger partial charge is 0.124 e. The zero-order valence-electron chi connectivity index (χ0n) is 9.43. The van der Waals surface area contributed by atoms with E-state index in [9.17, 15) is 5.11 Å². The fraction of sp³-hybridized carbons (Fsp3) is 0.727. The maximum absolute atomic E-state index is 9.79. The zero-order chi connectivity index (χ0) is 11.2. The van der Waals surface area contributed by atoms with Crippen molar-refractivity contribution in [2.75, 3.05) is 26.2 Å². The highest BCUT2D eigenvalue weighted by atomic mass is 16.5. The number of aliphatic hydroxyl groups is 1. The van der Waals surface area contributed by atoms with Crippen LogP contribution in [0, 0.1) is 0 Å². The van der Waals surface area contributed by atoms with Gasteiger partial charge >= 0.3 is 0 Å². The van der Waals surface area contributed by atoms with Crippen LogP contribution < -0.4 is 5.32 Å². The minimum Gasteiger partial charge on any atom is -0.390 e. The van der Waals surface area contributed by atoms with Crippen molar-refractivity contribution >= 4 is 0 Å². The molecule has 0 saturated carbocycles. The van der Waals surface area contributed by atoms with Crippen LogP contribution in [0.1, 0.15) is 18.5 Å². The van der Waals surface area contributed by atoms with Gasteiger partial charge in [0, 0.05) is 25.7 Å². The highest BCUT2D eigenvalue weighted by molar-refractivity contribution is 4.94. The Labute approximate surface area is 95.4 Å². The van der Waals surface area contributed by atoms with Gasteiger partial charge in [0.2, 0.25) is 0 Å². The Morgan fingerprint density at radius 1 is 1.50 bits per heavy atom. The molecule has 1 atom stereocenters. The number of nitrogens with one attached hydrogen (secondary N) is 1. The molecule has 1 unspecified atom stereocenters. The summed E-state index contributed by atoms with van der Waals surface area (Å²) in [5.41, 5.74) is 0.869. The van der Waals surface area contributed by atoms with Crippen molar-refractivity contribution in [3.8, 4) is 0 Å². The van der Waals surface area contributed by atoms with Crippen LogP contribution in [0.25, 0.3) is 0 Å². The molecule has 0 amide bonds. The van der Waals surface area contributed by atoms with Crippen LogP contribution in [-0.2, 0) is 6.54 Å². The van der Waals surface area contributed by atoms with Crippen molar-refractivity contribution in [3.05, 3.63) is 18.0 Å². The first-order valence-electron chi connectivity index (χ1n) is 5.85. The molecule has 1 aromatic heterocycles. The third-order valence-corrected chi connectivity index (χ3v) is 2.84. The number of nitrogens with zero attached hydrogens (tertiary/aromatic N) is 2. The third-order valence-electron chi connectivity index (χ3n) is 2.84. The van der Waals surface area contributed by atoms with E-state index in [1.807, 2.05) is 6.07 Å². The number of aliphatic hydroxyl groups excluding tert-OH is 1. The Kier molecular flexibility index (Phi) is 4.33. The van der Waals surface area contributed by atoms with E-state index in [-0.39, 0.29) is 6.10 Å². The molecule has 90 valence electrons. The summed E-state index contributed by atoms with van der Waals surface area (Å²) in [6.45, 7) is 4.27. The molecule has 1 aromatic rings. The van der Waals surface area contributed by atoms with Crippen molar-refractivity contribution in [2.24, 2.45) is 0 Å². The molecule has 5 nitrogen and oxygen atoms in total. The molecule has 5 heteroatoms. The summed E-state index contributed by atoms with van der Waals surface area (Å²) >= 11 is 0. The van der Waals surface area contributed by atoms with Crippen molar-refractivity contribution in [1.82, 2.24) is 15.4 Å². The van der Waals surface area contributed by atoms with Gasteiger partial charge < -0.3 is 19.8 Å². The van der Waals surface area contributed by atoms with Crippen LogP contribution in [0.2, 0.25) is 0 Å². The first-order chi connectivity index (χ1) is 7.84. The number of β-amino-alcohol motifs (C(OH)–C–C–N with tert-alkyl or cyclic N) is 1. The van der Waals surface area contributed by atoms with E-state index >= 15 is 0 Å². The van der Waals surface area contributed by atoms with E-state index < -0.39 is 0 Å². The minimum atomic E-state index is -0.301. The lowest BCUT2D eigenvalue weighted by atomic mass is 10.3. The van der Waals surface area contributed by atoms with Gasteiger partial charge in [-0.2, -0.15) is 0 Å². The molecule has 0 spiro atoms. The van der Waals surface area contributed by atoms with Gasteiger partial charge in [0.1, 0.15) is 6.26 Å². The average molecular weight is 225 g/mol. The number of aromatic nitrogens is 1. The first kappa shape index (κ1) is 11.6. The fourth-order valence-electron chi connectivity index (χ4n) is 2.02. The lowest BCUT2D eigenvalue weighted by molar-refractivity contribution is 0.123. The molecule has 0 radical (unpaired) electrons. The van der Waals surface area contributed by atoms with Crippen LogP contribution in [0.15, 0.2) is 16.9 Å². The Morgan fingerprint density at radius 2 is 2.31 bits per heavy atom. The maximum Gasteiger partial charge on any atom is 0.124 e. The molecule has 0 bridgehead atoms. The molecule has 1 saturated heterocycles. The summed E-state index contributed by atoms with van der Waals surface area (Å²) in [6.07, 6.45) is 3.78. The van der Waals surface area contributed by atoms with Gasteiger partial charge in [-0.15, -0.1) is 0 Å². The predicted molar refractivity (Wildman–Crippen MR) is 59.9 cm³/mol. The molecule has 1 fully saturated rings. The highest BCUT2D eigenvalue weighted by Gasteiger charge is 2.15. The molecule has 2 heterocycles. The normalized spacial score (nSPS) is 19.1. The molecule has 16 heavy (non-hydrogen) atoms. The number of hydrogen-bond donors (Lipinski definition) is 2. The van der Waals surface area contributed by atoms with Crippen LogP contribution >= 0.6 is 0 Å². The molecule has 2 rings (SSSR count). The molecule has 2 N–H and O–H groups in total. The molecule has 0 aromatic carbocycles. The standard InChI is InChI=1S/C11H19N3O2/c15-11(9-14-4-1-2-5-14)8-12-7-10-3-6-16-13-10/h3,6,11-12,15H,1-2,4-5,7-9H2. The van der Waals surface area contributed by atoms with Gasteiger partial charge in [-0.3, -0.25) is 0 Å². The second-order valence-electron chi connectivity index (χ2n) is 4.28. The summed E-state index contributed by atoms with van der Waals surface area (Å²) in [5, 5.41) is 16.7. The van der Waals surface area contributed by atoms with E-state index in [0.717, 1.165) is 25.3 Å². The summed E-state index contributed by atoms with van der Waals surface area (Å²) in [5.74, 6) is 0. The van der Waals surface area contributed by atoms with Crippen LogP contribution in [0.3, 0.4) is 0 Å². The summed E-state index contributed by atoms with van der Waals surface area (Å²) in [6, 6.07) is 1.82. The van der Waals surface area contributed by atoms with Gasteiger partial charge in [-0.05, 0) is 25.9 Å². The second-order valence-corrected chi connectivity index (χ2v) is 4.28. The largest absolute Gasteiger partial charge is 0.390 e. The summed E-state index contributed by atoms with van der Waals surface area (Å²) in [7, 11) is 0. The van der Waals surface area contributed by atoms with Gasteiger partial charge in [-0.1, -0.05) is 5.16 Å². The zero-order valence-corrected chi connectivity index (χ0v) is 9.43. The predicted octanol–water partition coefficient (Wildman–Crippen LogP) is 0.221. The first-order valence-corrected chi connectivity index (χ1v) is 5.85. The lowest BCUT2D eigenvalue weighted by Crippen LogP contribution is -2.36. The minimum absolute atomic E-state index is 0.301. The molecule has 0 aliphatic carbocycles. The van der Waals surface area contributed by atoms with Crippen LogP contribution in [0.5, 0.6) is 0 Å². The van der Waals surface area contributed by atoms with Crippen molar-refractivity contribution in [2.45, 2.75) is 25.5 Å². The van der Waals surface area contributed by atoms with E-state index in [2.05, 4.69) is 15.4 Å². The third kappa shape index (κ3) is 3.59. The second kappa shape index (κ2) is 5.98. The highest BCUT2D eigenvalue weighted by Crippen LogP contribution is 2.07. The van der Waals surface area contributed by atoms with Crippen LogP contribution in [0.4, 0.5) is 0 Å². The van der Waals surface area contributed by atoms with Crippen molar-refractivity contribution < 1.29 is 9.63 Å². The molecular weight excluding hydrogens is 206 g/mol. The topological polar surface area (TPSA) is 61.5 Å². The van der Waals surface area contributed by atoms with E-state index in [4.69, 9.17) is 4.52 Å². The van der Waals surface area contributed by atoms with Crippen molar-refractivity contribution in [1.29, 1.82) is 0 Å². The SMILES string of the molecule is OC(CNCc1ccon1)CN1CCCC1. The van der Waals surface area contributed by atoms with Gasteiger partial charge in [0.05, 0.1) is 11.8 Å². The number of likely N-dealkylation sites (tertiary alicyclic amines) is 1. The average Bonchev–Trinajstić information content (AvgIpc) is 2.90. The van der Waals surface area contributed by atoms with Gasteiger partial charge in [0.25, 0.3) is 0 Å². The maximum atomic E-state index is 9.79. The monoisotopic (exact) mass is 225 g/mol. The van der Waals surface area contributed by atoms with Gasteiger partial charge in [-0.25, -0.2) is 0 Å². The Hall–Kier alpha value is -0.910. The van der Waals surface area contributed by atoms with Crippen LogP contribution in [-0.4, -0.2) is 47.4 Å². The molecular formula is C11H19N3O2. The fourth-order valence-corrected chi connectivity index (χ4v) is 2.02. The Balaban J connectivity index is 1.58. The molecule has 1 aliphatic heterocycles. The lowest BCUT2D eigenvalue weighted by Gasteiger charge is -2.19. The summed E-state index contributed by atoms with van der Waals surface area (Å²) in [4.78, 5) is 2.31.